The van der Waals surface area contributed by atoms with Crippen LogP contribution in [0.3, 0.4) is 0 Å². The van der Waals surface area contributed by atoms with Gasteiger partial charge in [-0.15, -0.1) is 0 Å². The van der Waals surface area contributed by atoms with Gasteiger partial charge in [-0.25, -0.2) is 0 Å². The van der Waals surface area contributed by atoms with Crippen LogP contribution >= 0.6 is 0 Å². The smallest absolute Gasteiger partial charge is 0.161 e. The number of hydrogen-bond acceptors (Lipinski definition) is 4. The Morgan fingerprint density at radius 3 is 1.94 bits per heavy atom. The summed E-state index contributed by atoms with van der Waals surface area (Å²) in [5.41, 5.74) is 3.80. The highest BCUT2D eigenvalue weighted by atomic mass is 16.5. The van der Waals surface area contributed by atoms with Gasteiger partial charge in [-0.3, -0.25) is 0 Å². The van der Waals surface area contributed by atoms with Crippen molar-refractivity contribution in [1.29, 1.82) is 5.26 Å². The molecular formula is C27H21NO3. The average Bonchev–Trinajstić information content (AvgIpc) is 2.84. The molecular weight excluding hydrogens is 386 g/mol. The molecule has 0 N–H and O–H groups in total. The SMILES string of the molecule is COc1cc(C#Cc2ccccc2)c(C(C#Cc2ccc(C#N)cc2)OC)cc1OC. The van der Waals surface area contributed by atoms with Crippen molar-refractivity contribution >= 4 is 0 Å². The summed E-state index contributed by atoms with van der Waals surface area (Å²) in [6.45, 7) is 0. The molecule has 31 heavy (non-hydrogen) atoms. The van der Waals surface area contributed by atoms with Gasteiger partial charge < -0.3 is 14.2 Å². The van der Waals surface area contributed by atoms with Crippen LogP contribution in [0.15, 0.2) is 66.7 Å². The van der Waals surface area contributed by atoms with E-state index in [1.54, 1.807) is 33.5 Å². The number of ether oxygens (including phenoxy) is 3. The Bertz CT molecular complexity index is 1200. The molecule has 0 aromatic heterocycles. The number of nitriles is 1. The molecule has 1 unspecified atom stereocenters. The zero-order valence-corrected chi connectivity index (χ0v) is 17.6. The molecule has 0 bridgehead atoms. The van der Waals surface area contributed by atoms with Crippen LogP contribution in [0.5, 0.6) is 11.5 Å². The Labute approximate surface area is 183 Å². The largest absolute Gasteiger partial charge is 0.493 e. The molecule has 0 aliphatic rings. The average molecular weight is 407 g/mol. The van der Waals surface area contributed by atoms with E-state index >= 15 is 0 Å². The normalized spacial score (nSPS) is 10.5. The Hall–Kier alpha value is -4.17. The minimum atomic E-state index is -0.532. The molecule has 0 spiro atoms. The zero-order chi connectivity index (χ0) is 22.1. The third kappa shape index (κ3) is 5.46. The first kappa shape index (κ1) is 21.5. The minimum absolute atomic E-state index is 0.532. The van der Waals surface area contributed by atoms with Gasteiger partial charge in [0.15, 0.2) is 11.5 Å². The summed E-state index contributed by atoms with van der Waals surface area (Å²) < 4.78 is 16.6. The molecule has 0 aliphatic carbocycles. The molecule has 0 fully saturated rings. The summed E-state index contributed by atoms with van der Waals surface area (Å²) in [4.78, 5) is 0. The lowest BCUT2D eigenvalue weighted by Crippen LogP contribution is -2.04. The lowest BCUT2D eigenvalue weighted by atomic mass is 10.0. The molecule has 0 saturated carbocycles. The van der Waals surface area contributed by atoms with Gasteiger partial charge >= 0.3 is 0 Å². The summed E-state index contributed by atoms with van der Waals surface area (Å²) in [6.07, 6.45) is -0.532. The van der Waals surface area contributed by atoms with Gasteiger partial charge in [-0.05, 0) is 42.5 Å². The Morgan fingerprint density at radius 2 is 1.32 bits per heavy atom. The van der Waals surface area contributed by atoms with Crippen LogP contribution in [-0.4, -0.2) is 21.3 Å². The van der Waals surface area contributed by atoms with Gasteiger partial charge in [0.2, 0.25) is 0 Å². The zero-order valence-electron chi connectivity index (χ0n) is 17.6. The molecule has 0 heterocycles. The molecule has 0 amide bonds. The van der Waals surface area contributed by atoms with E-state index in [1.807, 2.05) is 54.6 Å². The molecule has 1 atom stereocenters. The molecule has 4 heteroatoms. The first-order valence-corrected chi connectivity index (χ1v) is 9.56. The summed E-state index contributed by atoms with van der Waals surface area (Å²) in [5, 5.41) is 8.95. The first-order valence-electron chi connectivity index (χ1n) is 9.56. The molecule has 152 valence electrons. The second-order valence-corrected chi connectivity index (χ2v) is 6.48. The van der Waals surface area contributed by atoms with Crippen LogP contribution in [-0.2, 0) is 4.74 Å². The van der Waals surface area contributed by atoms with Crippen molar-refractivity contribution in [3.05, 3.63) is 94.5 Å². The van der Waals surface area contributed by atoms with Crippen LogP contribution in [0.4, 0.5) is 0 Å². The first-order chi connectivity index (χ1) is 15.2. The lowest BCUT2D eigenvalue weighted by Gasteiger charge is -2.16. The molecule has 3 aromatic carbocycles. The predicted octanol–water partition coefficient (Wildman–Crippen LogP) is 4.71. The number of benzene rings is 3. The minimum Gasteiger partial charge on any atom is -0.493 e. The van der Waals surface area contributed by atoms with E-state index in [0.717, 1.165) is 22.3 Å². The third-order valence-corrected chi connectivity index (χ3v) is 4.55. The third-order valence-electron chi connectivity index (χ3n) is 4.55. The highest BCUT2D eigenvalue weighted by Gasteiger charge is 2.17. The molecule has 3 rings (SSSR count). The summed E-state index contributed by atoms with van der Waals surface area (Å²) in [7, 11) is 4.77. The molecule has 4 nitrogen and oxygen atoms in total. The second-order valence-electron chi connectivity index (χ2n) is 6.48. The van der Waals surface area contributed by atoms with Crippen molar-refractivity contribution < 1.29 is 14.2 Å². The summed E-state index contributed by atoms with van der Waals surface area (Å²) in [5.74, 6) is 13.8. The molecule has 3 aromatic rings. The van der Waals surface area contributed by atoms with Crippen molar-refractivity contribution in [2.24, 2.45) is 0 Å². The molecule has 0 aliphatic heterocycles. The van der Waals surface area contributed by atoms with Crippen LogP contribution in [0.25, 0.3) is 0 Å². The maximum absolute atomic E-state index is 8.95. The van der Waals surface area contributed by atoms with Crippen LogP contribution in [0, 0.1) is 35.0 Å². The quantitative estimate of drug-likeness (QED) is 0.588. The van der Waals surface area contributed by atoms with Crippen molar-refractivity contribution in [2.75, 3.05) is 21.3 Å². The fourth-order valence-corrected chi connectivity index (χ4v) is 2.92. The predicted molar refractivity (Wildman–Crippen MR) is 120 cm³/mol. The van der Waals surface area contributed by atoms with Crippen LogP contribution < -0.4 is 9.47 Å². The van der Waals surface area contributed by atoms with Gasteiger partial charge in [0, 0.05) is 35.4 Å². The fraction of sp³-hybridized carbons (Fsp3) is 0.148. The monoisotopic (exact) mass is 407 g/mol. The van der Waals surface area contributed by atoms with Crippen molar-refractivity contribution in [3.63, 3.8) is 0 Å². The van der Waals surface area contributed by atoms with E-state index in [1.165, 1.54) is 0 Å². The van der Waals surface area contributed by atoms with E-state index in [4.69, 9.17) is 19.5 Å². The van der Waals surface area contributed by atoms with Crippen LogP contribution in [0.1, 0.15) is 33.9 Å². The van der Waals surface area contributed by atoms with E-state index in [0.29, 0.717) is 17.1 Å². The molecule has 0 radical (unpaired) electrons. The summed E-state index contributed by atoms with van der Waals surface area (Å²) >= 11 is 0. The topological polar surface area (TPSA) is 51.5 Å². The highest BCUT2D eigenvalue weighted by Crippen LogP contribution is 2.34. The lowest BCUT2D eigenvalue weighted by molar-refractivity contribution is 0.150. The van der Waals surface area contributed by atoms with Gasteiger partial charge in [0.25, 0.3) is 0 Å². The maximum Gasteiger partial charge on any atom is 0.161 e. The van der Waals surface area contributed by atoms with Crippen molar-refractivity contribution in [1.82, 2.24) is 0 Å². The number of nitrogens with zero attached hydrogens (tertiary/aromatic N) is 1. The Morgan fingerprint density at radius 1 is 0.710 bits per heavy atom. The van der Waals surface area contributed by atoms with E-state index in [9.17, 15) is 0 Å². The van der Waals surface area contributed by atoms with E-state index in [-0.39, 0.29) is 0 Å². The van der Waals surface area contributed by atoms with Crippen molar-refractivity contribution in [3.8, 4) is 41.2 Å². The number of hydrogen-bond donors (Lipinski definition) is 0. The van der Waals surface area contributed by atoms with Crippen LogP contribution in [0.2, 0.25) is 0 Å². The Kier molecular flexibility index (Phi) is 7.34. The van der Waals surface area contributed by atoms with E-state index < -0.39 is 6.10 Å². The molecule has 0 saturated heterocycles. The number of rotatable bonds is 4. The van der Waals surface area contributed by atoms with E-state index in [2.05, 4.69) is 29.8 Å². The standard InChI is InChI=1S/C27H21NO3/c1-29-25(16-14-21-9-11-22(19-28)12-10-21)24-18-27(31-3)26(30-2)17-23(24)15-13-20-7-5-4-6-8-20/h4-12,17-18,25H,1-3H3. The van der Waals surface area contributed by atoms with Crippen molar-refractivity contribution in [2.45, 2.75) is 6.10 Å². The van der Waals surface area contributed by atoms with Gasteiger partial charge in [-0.2, -0.15) is 5.26 Å². The number of methoxy groups -OCH3 is 3. The van der Waals surface area contributed by atoms with Gasteiger partial charge in [0.05, 0.1) is 25.9 Å². The van der Waals surface area contributed by atoms with Gasteiger partial charge in [-0.1, -0.05) is 41.9 Å². The van der Waals surface area contributed by atoms with Gasteiger partial charge in [0.1, 0.15) is 6.10 Å². The highest BCUT2D eigenvalue weighted by molar-refractivity contribution is 5.57. The Balaban J connectivity index is 2.05. The second kappa shape index (κ2) is 10.6. The summed E-state index contributed by atoms with van der Waals surface area (Å²) in [6, 6.07) is 22.6. The fourth-order valence-electron chi connectivity index (χ4n) is 2.92. The maximum atomic E-state index is 8.95.